The molecule has 1 aliphatic rings. The molecular formula is C29H30FN9O2. The van der Waals surface area contributed by atoms with Crippen LogP contribution >= 0.6 is 0 Å². The molecule has 2 N–H and O–H groups in total. The molecule has 2 aromatic carbocycles. The molecule has 12 heteroatoms. The number of aromatic nitrogens is 6. The van der Waals surface area contributed by atoms with E-state index in [1.807, 2.05) is 31.3 Å². The number of carbonyl (C=O) groups excluding carboxylic acids is 1. The fraction of sp³-hybridized carbons (Fsp3) is 0.241. The van der Waals surface area contributed by atoms with Gasteiger partial charge in [-0.05, 0) is 62.2 Å². The fourth-order valence-corrected chi connectivity index (χ4v) is 4.46. The number of ether oxygens (including phenoxy) is 1. The number of hydrogen-bond donors (Lipinski definition) is 2. The van der Waals surface area contributed by atoms with Crippen LogP contribution in [0.15, 0.2) is 61.4 Å². The van der Waals surface area contributed by atoms with Crippen molar-refractivity contribution in [2.75, 3.05) is 30.4 Å². The van der Waals surface area contributed by atoms with Gasteiger partial charge in [0.15, 0.2) is 11.6 Å². The third-order valence-electron chi connectivity index (χ3n) is 6.73. The van der Waals surface area contributed by atoms with Crippen LogP contribution in [0.25, 0.3) is 22.1 Å². The summed E-state index contributed by atoms with van der Waals surface area (Å²) in [6.07, 6.45) is 4.98. The molecule has 6 rings (SSSR count). The van der Waals surface area contributed by atoms with Crippen molar-refractivity contribution >= 4 is 45.3 Å². The lowest BCUT2D eigenvalue weighted by molar-refractivity contribution is -0.116. The maximum atomic E-state index is 15.4. The van der Waals surface area contributed by atoms with Crippen LogP contribution in [0.2, 0.25) is 0 Å². The molecule has 4 heterocycles. The van der Waals surface area contributed by atoms with Gasteiger partial charge in [0.2, 0.25) is 5.91 Å². The number of nitrogens with zero attached hydrogens (tertiary/aromatic N) is 7. The summed E-state index contributed by atoms with van der Waals surface area (Å²) in [5.41, 5.74) is 3.55. The van der Waals surface area contributed by atoms with E-state index in [-0.39, 0.29) is 11.6 Å². The number of amides is 1. The third kappa shape index (κ3) is 5.91. The topological polar surface area (TPSA) is 123 Å². The normalized spacial score (nSPS) is 12.6. The van der Waals surface area contributed by atoms with Gasteiger partial charge in [0.1, 0.15) is 34.7 Å². The Morgan fingerprint density at radius 2 is 1.90 bits per heavy atom. The Balaban J connectivity index is 0.000000511. The van der Waals surface area contributed by atoms with E-state index in [1.54, 1.807) is 36.9 Å². The van der Waals surface area contributed by atoms with E-state index >= 15 is 4.39 Å². The molecular weight excluding hydrogens is 525 g/mol. The van der Waals surface area contributed by atoms with E-state index in [1.165, 1.54) is 12.4 Å². The van der Waals surface area contributed by atoms with Gasteiger partial charge in [-0.3, -0.25) is 4.79 Å². The number of halogens is 1. The molecule has 0 saturated carbocycles. The lowest BCUT2D eigenvalue weighted by Crippen LogP contribution is -2.19. The van der Waals surface area contributed by atoms with Gasteiger partial charge in [0.05, 0.1) is 16.7 Å². The number of benzene rings is 2. The number of carbonyl (C=O) groups is 1. The van der Waals surface area contributed by atoms with Gasteiger partial charge in [-0.25, -0.2) is 24.0 Å². The lowest BCUT2D eigenvalue weighted by Gasteiger charge is -2.17. The Kier molecular flexibility index (Phi) is 7.99. The Labute approximate surface area is 236 Å². The predicted octanol–water partition coefficient (Wildman–Crippen LogP) is 4.81. The fourth-order valence-electron chi connectivity index (χ4n) is 4.46. The molecule has 0 unspecified atom stereocenters. The van der Waals surface area contributed by atoms with Crippen LogP contribution in [-0.4, -0.2) is 56.0 Å². The highest BCUT2D eigenvalue weighted by molar-refractivity contribution is 5.88. The Morgan fingerprint density at radius 3 is 2.63 bits per heavy atom. The van der Waals surface area contributed by atoms with Crippen LogP contribution in [0, 0.1) is 12.7 Å². The van der Waals surface area contributed by atoms with Gasteiger partial charge in [-0.2, -0.15) is 0 Å². The number of anilines is 3. The van der Waals surface area contributed by atoms with E-state index < -0.39 is 5.82 Å². The molecule has 1 fully saturated rings. The SMILES string of the molecule is C=CC(=O)NC.Cc1c(Oc2ccc3c(c2)nnn3C)ccc(Nc2ncnc3ccc(N4CCCC4)nc23)c1F. The maximum absolute atomic E-state index is 15.4. The van der Waals surface area contributed by atoms with Gasteiger partial charge >= 0.3 is 0 Å². The molecule has 41 heavy (non-hydrogen) atoms. The molecule has 0 atom stereocenters. The van der Waals surface area contributed by atoms with Crippen molar-refractivity contribution in [3.63, 3.8) is 0 Å². The van der Waals surface area contributed by atoms with Crippen molar-refractivity contribution in [3.05, 3.63) is 72.8 Å². The van der Waals surface area contributed by atoms with E-state index in [0.29, 0.717) is 39.4 Å². The van der Waals surface area contributed by atoms with E-state index in [2.05, 4.69) is 42.4 Å². The van der Waals surface area contributed by atoms with Crippen molar-refractivity contribution in [1.82, 2.24) is 35.3 Å². The van der Waals surface area contributed by atoms with Gasteiger partial charge in [0, 0.05) is 38.8 Å². The second-order valence-electron chi connectivity index (χ2n) is 9.41. The summed E-state index contributed by atoms with van der Waals surface area (Å²) in [6.45, 7) is 6.86. The first kappa shape index (κ1) is 27.4. The smallest absolute Gasteiger partial charge is 0.243 e. The third-order valence-corrected chi connectivity index (χ3v) is 6.73. The molecule has 3 aromatic heterocycles. The predicted molar refractivity (Wildman–Crippen MR) is 156 cm³/mol. The number of aryl methyl sites for hydroxylation is 1. The number of likely N-dealkylation sites (N-methyl/N-ethyl adjacent to an activating group) is 1. The highest BCUT2D eigenvalue weighted by Gasteiger charge is 2.17. The number of rotatable bonds is 6. The average molecular weight is 556 g/mol. The summed E-state index contributed by atoms with van der Waals surface area (Å²) in [7, 11) is 3.38. The van der Waals surface area contributed by atoms with Crippen molar-refractivity contribution in [3.8, 4) is 11.5 Å². The molecule has 5 aromatic rings. The highest BCUT2D eigenvalue weighted by atomic mass is 19.1. The van der Waals surface area contributed by atoms with Gasteiger partial charge in [0.25, 0.3) is 0 Å². The number of pyridine rings is 1. The Bertz CT molecular complexity index is 1730. The zero-order chi connectivity index (χ0) is 28.9. The number of hydrogen-bond acceptors (Lipinski definition) is 9. The second kappa shape index (κ2) is 11.9. The van der Waals surface area contributed by atoms with Crippen molar-refractivity contribution in [2.45, 2.75) is 19.8 Å². The molecule has 1 aliphatic heterocycles. The minimum absolute atomic E-state index is 0.144. The summed E-state index contributed by atoms with van der Waals surface area (Å²) in [5, 5.41) is 13.6. The summed E-state index contributed by atoms with van der Waals surface area (Å²) in [6, 6.07) is 12.7. The quantitative estimate of drug-likeness (QED) is 0.284. The molecule has 0 spiro atoms. The van der Waals surface area contributed by atoms with Crippen molar-refractivity contribution in [2.24, 2.45) is 7.05 Å². The average Bonchev–Trinajstić information content (AvgIpc) is 3.67. The first-order valence-electron chi connectivity index (χ1n) is 13.1. The largest absolute Gasteiger partial charge is 0.457 e. The number of nitrogens with one attached hydrogen (secondary N) is 2. The van der Waals surface area contributed by atoms with Crippen LogP contribution in [-0.2, 0) is 11.8 Å². The second-order valence-corrected chi connectivity index (χ2v) is 9.41. The summed E-state index contributed by atoms with van der Waals surface area (Å²) in [4.78, 5) is 25.6. The molecule has 0 radical (unpaired) electrons. The number of fused-ring (bicyclic) bond motifs is 2. The Morgan fingerprint density at radius 1 is 1.10 bits per heavy atom. The zero-order valence-corrected chi connectivity index (χ0v) is 23.1. The van der Waals surface area contributed by atoms with E-state index in [0.717, 1.165) is 37.3 Å². The van der Waals surface area contributed by atoms with E-state index in [9.17, 15) is 4.79 Å². The van der Waals surface area contributed by atoms with Crippen LogP contribution in [0.5, 0.6) is 11.5 Å². The standard InChI is InChI=1S/C25H23FN8O.C4H7NO/c1-15-21(35-16-5-8-20-19(13-16)31-32-33(20)2)9-6-17(23(15)26)29-25-24-18(27-14-28-25)7-10-22(30-24)34-11-3-4-12-34;1-3-4(6)5-2/h5-10,13-14H,3-4,11-12H2,1-2H3,(H,27,28,29);3H,1H2,2H3,(H,5,6). The van der Waals surface area contributed by atoms with Gasteiger partial charge in [-0.15, -0.1) is 5.10 Å². The summed E-state index contributed by atoms with van der Waals surface area (Å²) in [5.74, 6) is 1.74. The maximum Gasteiger partial charge on any atom is 0.243 e. The highest BCUT2D eigenvalue weighted by Crippen LogP contribution is 2.33. The van der Waals surface area contributed by atoms with E-state index in [4.69, 9.17) is 9.72 Å². The van der Waals surface area contributed by atoms with Gasteiger partial charge < -0.3 is 20.3 Å². The molecule has 11 nitrogen and oxygen atoms in total. The zero-order valence-electron chi connectivity index (χ0n) is 23.1. The summed E-state index contributed by atoms with van der Waals surface area (Å²) >= 11 is 0. The molecule has 0 aliphatic carbocycles. The van der Waals surface area contributed by atoms with Gasteiger partial charge in [-0.1, -0.05) is 11.8 Å². The summed E-state index contributed by atoms with van der Waals surface area (Å²) < 4.78 is 23.0. The minimum atomic E-state index is -0.425. The molecule has 210 valence electrons. The Hall–Kier alpha value is -5.13. The molecule has 1 amide bonds. The first-order chi connectivity index (χ1) is 19.9. The van der Waals surface area contributed by atoms with Crippen molar-refractivity contribution in [1.29, 1.82) is 0 Å². The molecule has 1 saturated heterocycles. The monoisotopic (exact) mass is 555 g/mol. The van der Waals surface area contributed by atoms with Crippen LogP contribution in [0.4, 0.5) is 21.7 Å². The lowest BCUT2D eigenvalue weighted by atomic mass is 10.1. The van der Waals surface area contributed by atoms with Crippen LogP contribution in [0.3, 0.4) is 0 Å². The van der Waals surface area contributed by atoms with Crippen LogP contribution < -0.4 is 20.3 Å². The first-order valence-corrected chi connectivity index (χ1v) is 13.1. The minimum Gasteiger partial charge on any atom is -0.457 e. The molecule has 0 bridgehead atoms. The van der Waals surface area contributed by atoms with Crippen LogP contribution in [0.1, 0.15) is 18.4 Å². The van der Waals surface area contributed by atoms with Crippen molar-refractivity contribution < 1.29 is 13.9 Å².